The van der Waals surface area contributed by atoms with Gasteiger partial charge in [0.1, 0.15) is 0 Å². The molecular weight excluding hydrogens is 236 g/mol. The van der Waals surface area contributed by atoms with E-state index in [9.17, 15) is 4.79 Å². The molecule has 0 aliphatic heterocycles. The van der Waals surface area contributed by atoms with Gasteiger partial charge in [-0.15, -0.1) is 0 Å². The van der Waals surface area contributed by atoms with Gasteiger partial charge in [0.2, 0.25) is 0 Å². The topological polar surface area (TPSA) is 68.3 Å². The molecule has 1 amide bonds. The molecular formula is C12H18N2O2S. The molecule has 17 heavy (non-hydrogen) atoms. The lowest BCUT2D eigenvalue weighted by Crippen LogP contribution is -2.40. The van der Waals surface area contributed by atoms with Crippen LogP contribution in [0.2, 0.25) is 0 Å². The normalized spacial score (nSPS) is 24.6. The number of hydrogen-bond acceptors (Lipinski definition) is 4. The zero-order valence-corrected chi connectivity index (χ0v) is 10.8. The number of hydrogen-bond donors (Lipinski definition) is 2. The van der Waals surface area contributed by atoms with Gasteiger partial charge < -0.3 is 15.5 Å². The second kappa shape index (κ2) is 5.60. The third-order valence-corrected chi connectivity index (χ3v) is 3.74. The van der Waals surface area contributed by atoms with Crippen molar-refractivity contribution in [3.8, 4) is 0 Å². The molecule has 0 atom stereocenters. The highest BCUT2D eigenvalue weighted by atomic mass is 32.2. The summed E-state index contributed by atoms with van der Waals surface area (Å²) < 4.78 is 5.38. The van der Waals surface area contributed by atoms with Gasteiger partial charge >= 0.3 is 0 Å². The molecule has 1 aromatic rings. The summed E-state index contributed by atoms with van der Waals surface area (Å²) in [7, 11) is 0. The van der Waals surface area contributed by atoms with Crippen molar-refractivity contribution < 1.29 is 9.21 Å². The number of carbonyl (C=O) groups excluding carboxylic acids is 1. The van der Waals surface area contributed by atoms with Crippen LogP contribution < -0.4 is 11.1 Å². The first-order chi connectivity index (χ1) is 8.19. The highest BCUT2D eigenvalue weighted by Gasteiger charge is 2.21. The van der Waals surface area contributed by atoms with Crippen LogP contribution in [0.1, 0.15) is 36.2 Å². The first-order valence-corrected chi connectivity index (χ1v) is 7.12. The van der Waals surface area contributed by atoms with E-state index in [2.05, 4.69) is 5.32 Å². The average Bonchev–Trinajstić information content (AvgIpc) is 2.81. The van der Waals surface area contributed by atoms with Gasteiger partial charge in [0.05, 0.1) is 0 Å². The maximum Gasteiger partial charge on any atom is 0.287 e. The van der Waals surface area contributed by atoms with Gasteiger partial charge in [0.15, 0.2) is 10.9 Å². The molecule has 0 radical (unpaired) electrons. The number of carbonyl (C=O) groups is 1. The summed E-state index contributed by atoms with van der Waals surface area (Å²) in [4.78, 5) is 11.9. The number of nitrogens with two attached hydrogens (primary N) is 1. The van der Waals surface area contributed by atoms with Crippen LogP contribution >= 0.6 is 11.8 Å². The van der Waals surface area contributed by atoms with Crippen LogP contribution in [0.15, 0.2) is 21.6 Å². The Bertz CT molecular complexity index is 384. The van der Waals surface area contributed by atoms with Crippen LogP contribution in [-0.2, 0) is 0 Å². The minimum Gasteiger partial charge on any atom is -0.445 e. The average molecular weight is 254 g/mol. The summed E-state index contributed by atoms with van der Waals surface area (Å²) in [6, 6.07) is 4.08. The first-order valence-electron chi connectivity index (χ1n) is 5.89. The summed E-state index contributed by atoms with van der Waals surface area (Å²) in [5.41, 5.74) is 5.83. The molecule has 5 heteroatoms. The van der Waals surface area contributed by atoms with Crippen LogP contribution in [0.4, 0.5) is 0 Å². The molecule has 0 spiro atoms. The number of amides is 1. The second-order valence-corrected chi connectivity index (χ2v) is 5.22. The van der Waals surface area contributed by atoms with Gasteiger partial charge in [0, 0.05) is 12.1 Å². The quantitative estimate of drug-likeness (QED) is 0.810. The number of furan rings is 1. The van der Waals surface area contributed by atoms with E-state index in [-0.39, 0.29) is 11.9 Å². The minimum absolute atomic E-state index is 0.120. The highest BCUT2D eigenvalue weighted by Crippen LogP contribution is 2.20. The molecule has 1 aromatic heterocycles. The van der Waals surface area contributed by atoms with Crippen LogP contribution in [0, 0.1) is 0 Å². The molecule has 1 fully saturated rings. The Morgan fingerprint density at radius 2 is 2.12 bits per heavy atom. The Morgan fingerprint density at radius 3 is 2.71 bits per heavy atom. The van der Waals surface area contributed by atoms with Crippen LogP contribution in [0.25, 0.3) is 0 Å². The van der Waals surface area contributed by atoms with Crippen LogP contribution in [0.3, 0.4) is 0 Å². The molecule has 0 bridgehead atoms. The molecule has 3 N–H and O–H groups in total. The fourth-order valence-electron chi connectivity index (χ4n) is 2.07. The molecule has 4 nitrogen and oxygen atoms in total. The lowest BCUT2D eigenvalue weighted by atomic mass is 9.92. The standard InChI is InChI=1S/C12H18N2O2S/c1-17-11-7-6-10(16-11)12(15)14-9-4-2-8(13)3-5-9/h6-9H,2-5,13H2,1H3,(H,14,15). The van der Waals surface area contributed by atoms with E-state index in [1.54, 1.807) is 6.07 Å². The lowest BCUT2D eigenvalue weighted by Gasteiger charge is -2.26. The van der Waals surface area contributed by atoms with Gasteiger partial charge in [-0.05, 0) is 44.1 Å². The lowest BCUT2D eigenvalue weighted by molar-refractivity contribution is 0.0892. The molecule has 1 aliphatic rings. The van der Waals surface area contributed by atoms with E-state index in [4.69, 9.17) is 10.2 Å². The Balaban J connectivity index is 1.88. The number of thioether (sulfide) groups is 1. The molecule has 0 aromatic carbocycles. The summed E-state index contributed by atoms with van der Waals surface area (Å²) in [5.74, 6) is 0.273. The van der Waals surface area contributed by atoms with Crippen molar-refractivity contribution in [2.24, 2.45) is 5.73 Å². The second-order valence-electron chi connectivity index (χ2n) is 4.41. The van der Waals surface area contributed by atoms with Crippen molar-refractivity contribution in [1.29, 1.82) is 0 Å². The SMILES string of the molecule is CSc1ccc(C(=O)NC2CCC(N)CC2)o1. The fourth-order valence-corrected chi connectivity index (χ4v) is 2.45. The minimum atomic E-state index is -0.120. The van der Waals surface area contributed by atoms with E-state index >= 15 is 0 Å². The van der Waals surface area contributed by atoms with Crippen molar-refractivity contribution in [3.63, 3.8) is 0 Å². The summed E-state index contributed by atoms with van der Waals surface area (Å²) in [6.45, 7) is 0. The van der Waals surface area contributed by atoms with Crippen molar-refractivity contribution in [1.82, 2.24) is 5.32 Å². The van der Waals surface area contributed by atoms with Crippen molar-refractivity contribution in [2.75, 3.05) is 6.26 Å². The van der Waals surface area contributed by atoms with Gasteiger partial charge in [0.25, 0.3) is 5.91 Å². The summed E-state index contributed by atoms with van der Waals surface area (Å²) >= 11 is 1.49. The summed E-state index contributed by atoms with van der Waals surface area (Å²) in [5, 5.41) is 3.76. The Kier molecular flexibility index (Phi) is 4.12. The zero-order chi connectivity index (χ0) is 12.3. The molecule has 1 saturated carbocycles. The van der Waals surface area contributed by atoms with Crippen molar-refractivity contribution in [2.45, 2.75) is 42.9 Å². The monoisotopic (exact) mass is 254 g/mol. The molecule has 1 heterocycles. The predicted octanol–water partition coefficient (Wildman–Crippen LogP) is 2.00. The van der Waals surface area contributed by atoms with E-state index in [0.29, 0.717) is 11.8 Å². The van der Waals surface area contributed by atoms with Gasteiger partial charge in [-0.3, -0.25) is 4.79 Å². The first kappa shape index (κ1) is 12.5. The largest absolute Gasteiger partial charge is 0.445 e. The fraction of sp³-hybridized carbons (Fsp3) is 0.583. The smallest absolute Gasteiger partial charge is 0.287 e. The van der Waals surface area contributed by atoms with Gasteiger partial charge in [-0.1, -0.05) is 11.8 Å². The third kappa shape index (κ3) is 3.26. The third-order valence-electron chi connectivity index (χ3n) is 3.11. The molecule has 2 rings (SSSR count). The van der Waals surface area contributed by atoms with Crippen LogP contribution in [0.5, 0.6) is 0 Å². The Hall–Kier alpha value is -0.940. The Labute approximate surface area is 105 Å². The zero-order valence-electron chi connectivity index (χ0n) is 9.94. The molecule has 1 aliphatic carbocycles. The maximum atomic E-state index is 11.9. The Morgan fingerprint density at radius 1 is 1.41 bits per heavy atom. The highest BCUT2D eigenvalue weighted by molar-refractivity contribution is 7.98. The predicted molar refractivity (Wildman–Crippen MR) is 68.2 cm³/mol. The van der Waals surface area contributed by atoms with Crippen molar-refractivity contribution in [3.05, 3.63) is 17.9 Å². The summed E-state index contributed by atoms with van der Waals surface area (Å²) in [6.07, 6.45) is 5.81. The van der Waals surface area contributed by atoms with Crippen LogP contribution in [-0.4, -0.2) is 24.2 Å². The van der Waals surface area contributed by atoms with E-state index in [0.717, 1.165) is 30.8 Å². The maximum absolute atomic E-state index is 11.9. The van der Waals surface area contributed by atoms with Gasteiger partial charge in [-0.2, -0.15) is 0 Å². The van der Waals surface area contributed by atoms with Gasteiger partial charge in [-0.25, -0.2) is 0 Å². The van der Waals surface area contributed by atoms with E-state index < -0.39 is 0 Å². The molecule has 0 saturated heterocycles. The molecule has 94 valence electrons. The van der Waals surface area contributed by atoms with E-state index in [1.165, 1.54) is 11.8 Å². The van der Waals surface area contributed by atoms with Crippen molar-refractivity contribution >= 4 is 17.7 Å². The van der Waals surface area contributed by atoms with E-state index in [1.807, 2.05) is 12.3 Å². The molecule has 0 unspecified atom stereocenters. The number of rotatable bonds is 3. The number of nitrogens with one attached hydrogen (secondary N) is 1.